The summed E-state index contributed by atoms with van der Waals surface area (Å²) in [7, 11) is 0. The summed E-state index contributed by atoms with van der Waals surface area (Å²) in [6.45, 7) is 5.21. The second kappa shape index (κ2) is 6.97. The van der Waals surface area contributed by atoms with Crippen molar-refractivity contribution in [1.82, 2.24) is 9.38 Å². The smallest absolute Gasteiger partial charge is 0.238 e. The number of nitrogens with zero attached hydrogens (tertiary/aromatic N) is 3. The molecule has 1 aliphatic heterocycles. The molecule has 0 bridgehead atoms. The molecule has 0 radical (unpaired) electrons. The minimum Gasteiger partial charge on any atom is -0.367 e. The van der Waals surface area contributed by atoms with E-state index in [1.807, 2.05) is 40.9 Å². The predicted molar refractivity (Wildman–Crippen MR) is 114 cm³/mol. The summed E-state index contributed by atoms with van der Waals surface area (Å²) in [5.74, 6) is 0.0449. The molecular weight excluding hydrogens is 385 g/mol. The number of imidazole rings is 1. The van der Waals surface area contributed by atoms with Crippen LogP contribution in [0.5, 0.6) is 0 Å². The number of halogens is 1. The van der Waals surface area contributed by atoms with E-state index in [0.717, 1.165) is 40.2 Å². The van der Waals surface area contributed by atoms with E-state index < -0.39 is 0 Å². The van der Waals surface area contributed by atoms with Crippen LogP contribution in [0.25, 0.3) is 16.0 Å². The topological polar surface area (TPSA) is 37.6 Å². The molecule has 144 valence electrons. The molecule has 0 fully saturated rings. The van der Waals surface area contributed by atoms with E-state index in [1.165, 1.54) is 17.4 Å². The van der Waals surface area contributed by atoms with Crippen molar-refractivity contribution in [2.24, 2.45) is 0 Å². The van der Waals surface area contributed by atoms with Gasteiger partial charge in [0.1, 0.15) is 5.82 Å². The third-order valence-corrected chi connectivity index (χ3v) is 6.43. The van der Waals surface area contributed by atoms with Crippen LogP contribution < -0.4 is 4.90 Å². The Kier molecular flexibility index (Phi) is 4.28. The maximum absolute atomic E-state index is 14.0. The fourth-order valence-corrected chi connectivity index (χ4v) is 5.04. The summed E-state index contributed by atoms with van der Waals surface area (Å²) in [5, 5.41) is 0. The average Bonchev–Trinajstić information content (AvgIpc) is 3.32. The molecule has 1 aliphatic rings. The molecule has 0 atom stereocenters. The van der Waals surface area contributed by atoms with Crippen molar-refractivity contribution in [3.8, 4) is 10.4 Å². The monoisotopic (exact) mass is 403 g/mol. The molecule has 0 amide bonds. The molecule has 5 rings (SSSR count). The van der Waals surface area contributed by atoms with Gasteiger partial charge in [0.15, 0.2) is 5.82 Å². The first-order valence-corrected chi connectivity index (χ1v) is 10.2. The van der Waals surface area contributed by atoms with Gasteiger partial charge in [0.05, 0.1) is 16.6 Å². The second-order valence-corrected chi connectivity index (χ2v) is 8.07. The zero-order valence-corrected chi connectivity index (χ0v) is 16.5. The average molecular weight is 403 g/mol. The maximum atomic E-state index is 14.0. The van der Waals surface area contributed by atoms with Crippen molar-refractivity contribution in [2.45, 2.75) is 6.42 Å². The van der Waals surface area contributed by atoms with Crippen LogP contribution in [0.4, 0.5) is 10.1 Å². The molecule has 3 aromatic heterocycles. The summed E-state index contributed by atoms with van der Waals surface area (Å²) in [4.78, 5) is 21.3. The number of fused-ring (bicyclic) bond motifs is 4. The van der Waals surface area contributed by atoms with Crippen molar-refractivity contribution in [3.63, 3.8) is 0 Å². The highest BCUT2D eigenvalue weighted by molar-refractivity contribution is 7.17. The van der Waals surface area contributed by atoms with Gasteiger partial charge in [-0.1, -0.05) is 12.1 Å². The van der Waals surface area contributed by atoms with Gasteiger partial charge in [0.2, 0.25) is 5.78 Å². The number of thiophene rings is 1. The van der Waals surface area contributed by atoms with Gasteiger partial charge in [-0.25, -0.2) is 9.37 Å². The highest BCUT2D eigenvalue weighted by atomic mass is 32.1. The zero-order valence-electron chi connectivity index (χ0n) is 15.6. The molecular formula is C23H18FN3OS. The van der Waals surface area contributed by atoms with Gasteiger partial charge in [-0.15, -0.1) is 17.9 Å². The number of pyridine rings is 1. The molecule has 0 unspecified atom stereocenters. The van der Waals surface area contributed by atoms with E-state index in [2.05, 4.69) is 16.5 Å². The number of carbonyl (C=O) groups is 1. The number of carbonyl (C=O) groups excluding carboxylic acids is 1. The van der Waals surface area contributed by atoms with Crippen molar-refractivity contribution in [2.75, 3.05) is 18.0 Å². The Morgan fingerprint density at radius 3 is 3.03 bits per heavy atom. The van der Waals surface area contributed by atoms with Gasteiger partial charge in [0, 0.05) is 35.4 Å². The van der Waals surface area contributed by atoms with Crippen molar-refractivity contribution < 1.29 is 9.18 Å². The van der Waals surface area contributed by atoms with Gasteiger partial charge in [0.25, 0.3) is 0 Å². The van der Waals surface area contributed by atoms with Gasteiger partial charge in [-0.3, -0.25) is 9.20 Å². The molecule has 0 N–H and O–H groups in total. The summed E-state index contributed by atoms with van der Waals surface area (Å²) >= 11 is 1.45. The highest BCUT2D eigenvalue weighted by Gasteiger charge is 2.25. The summed E-state index contributed by atoms with van der Waals surface area (Å²) in [6, 6.07) is 12.5. The number of ketones is 1. The second-order valence-electron chi connectivity index (χ2n) is 7.02. The first kappa shape index (κ1) is 17.8. The Hall–Kier alpha value is -3.25. The van der Waals surface area contributed by atoms with Crippen LogP contribution in [0.3, 0.4) is 0 Å². The van der Waals surface area contributed by atoms with Gasteiger partial charge >= 0.3 is 0 Å². The number of benzene rings is 1. The molecule has 4 aromatic rings. The molecule has 0 aliphatic carbocycles. The Bertz CT molecular complexity index is 1260. The standard InChI is InChI=1S/C23H18FN3OS/c1-2-9-26-11-8-15-12-20(29-22(15)18-7-6-16(24)13-19(18)26)21(28)23-25-14-17-5-3-4-10-27(17)23/h2-7,10,12-14H,1,8-9,11H2. The SMILES string of the molecule is C=CCN1CCc2cc(C(=O)c3ncc4ccccn34)sc2-c2ccc(F)cc21. The van der Waals surface area contributed by atoms with Crippen LogP contribution in [0.1, 0.15) is 21.1 Å². The number of rotatable bonds is 4. The first-order valence-electron chi connectivity index (χ1n) is 9.41. The minimum atomic E-state index is -0.266. The largest absolute Gasteiger partial charge is 0.367 e. The van der Waals surface area contributed by atoms with E-state index in [4.69, 9.17) is 0 Å². The van der Waals surface area contributed by atoms with Crippen LogP contribution in [-0.2, 0) is 6.42 Å². The van der Waals surface area contributed by atoms with Crippen LogP contribution in [0.15, 0.2) is 67.5 Å². The first-order chi connectivity index (χ1) is 14.2. The molecule has 6 heteroatoms. The number of hydrogen-bond donors (Lipinski definition) is 0. The Balaban J connectivity index is 1.61. The summed E-state index contributed by atoms with van der Waals surface area (Å²) in [6.07, 6.45) is 6.16. The highest BCUT2D eigenvalue weighted by Crippen LogP contribution is 2.42. The Morgan fingerprint density at radius 2 is 2.17 bits per heavy atom. The van der Waals surface area contributed by atoms with Gasteiger partial charge < -0.3 is 4.90 Å². The quantitative estimate of drug-likeness (QED) is 0.356. The number of hydrogen-bond acceptors (Lipinski definition) is 4. The third kappa shape index (κ3) is 2.96. The number of aromatic nitrogens is 2. The summed E-state index contributed by atoms with van der Waals surface area (Å²) < 4.78 is 15.8. The van der Waals surface area contributed by atoms with Crippen LogP contribution >= 0.6 is 11.3 Å². The molecule has 29 heavy (non-hydrogen) atoms. The molecule has 0 saturated heterocycles. The van der Waals surface area contributed by atoms with E-state index >= 15 is 0 Å². The Labute approximate surface area is 171 Å². The van der Waals surface area contributed by atoms with E-state index in [9.17, 15) is 9.18 Å². The van der Waals surface area contributed by atoms with Crippen molar-refractivity contribution in [1.29, 1.82) is 0 Å². The fourth-order valence-electron chi connectivity index (χ4n) is 3.86. The van der Waals surface area contributed by atoms with Crippen LogP contribution in [0, 0.1) is 5.82 Å². The molecule has 4 nitrogen and oxygen atoms in total. The van der Waals surface area contributed by atoms with Crippen molar-refractivity contribution in [3.05, 3.63) is 89.6 Å². The lowest BCUT2D eigenvalue weighted by atomic mass is 10.1. The minimum absolute atomic E-state index is 0.0964. The van der Waals surface area contributed by atoms with Crippen LogP contribution in [0.2, 0.25) is 0 Å². The van der Waals surface area contributed by atoms with Crippen LogP contribution in [-0.4, -0.2) is 28.3 Å². The third-order valence-electron chi connectivity index (χ3n) is 5.22. The molecule has 0 saturated carbocycles. The predicted octanol–water partition coefficient (Wildman–Crippen LogP) is 4.98. The lowest BCUT2D eigenvalue weighted by Crippen LogP contribution is -2.25. The molecule has 0 spiro atoms. The zero-order chi connectivity index (χ0) is 20.0. The van der Waals surface area contributed by atoms with E-state index in [0.29, 0.717) is 17.2 Å². The molecule has 1 aromatic carbocycles. The maximum Gasteiger partial charge on any atom is 0.238 e. The number of anilines is 1. The van der Waals surface area contributed by atoms with Gasteiger partial charge in [-0.2, -0.15) is 0 Å². The Morgan fingerprint density at radius 1 is 1.28 bits per heavy atom. The lowest BCUT2D eigenvalue weighted by Gasteiger charge is -2.23. The molecule has 4 heterocycles. The lowest BCUT2D eigenvalue weighted by molar-refractivity contribution is 0.103. The van der Waals surface area contributed by atoms with Gasteiger partial charge in [-0.05, 0) is 48.4 Å². The summed E-state index contributed by atoms with van der Waals surface area (Å²) in [5.41, 5.74) is 3.79. The van der Waals surface area contributed by atoms with E-state index in [1.54, 1.807) is 18.3 Å². The fraction of sp³-hybridized carbons (Fsp3) is 0.130. The normalized spacial score (nSPS) is 13.1. The van der Waals surface area contributed by atoms with E-state index in [-0.39, 0.29) is 11.6 Å². The van der Waals surface area contributed by atoms with Crippen molar-refractivity contribution >= 4 is 28.3 Å².